The van der Waals surface area contributed by atoms with E-state index < -0.39 is 0 Å². The first-order chi connectivity index (χ1) is 10.1. The van der Waals surface area contributed by atoms with E-state index in [1.165, 1.54) is 17.2 Å². The number of nitro groups is 1. The number of benzene rings is 2. The Balaban J connectivity index is 1.67. The van der Waals surface area contributed by atoms with Gasteiger partial charge in [-0.2, -0.15) is 0 Å². The summed E-state index contributed by atoms with van der Waals surface area (Å²) in [6.45, 7) is 0.626. The lowest BCUT2D eigenvalue weighted by molar-refractivity contribution is -0.385. The van der Waals surface area contributed by atoms with Gasteiger partial charge in [0.05, 0.1) is 9.40 Å². The van der Waals surface area contributed by atoms with E-state index in [1.54, 1.807) is 6.07 Å². The number of hydrogen-bond acceptors (Lipinski definition) is 3. The Morgan fingerprint density at radius 1 is 1.14 bits per heavy atom. The minimum absolute atomic E-state index is 0.115. The van der Waals surface area contributed by atoms with E-state index in [-0.39, 0.29) is 10.6 Å². The fourth-order valence-corrected chi connectivity index (χ4v) is 3.35. The molecule has 21 heavy (non-hydrogen) atoms. The first-order valence-corrected chi connectivity index (χ1v) is 7.66. The van der Waals surface area contributed by atoms with Crippen molar-refractivity contribution >= 4 is 21.6 Å². The zero-order valence-electron chi connectivity index (χ0n) is 11.4. The first-order valence-electron chi connectivity index (χ1n) is 6.87. The van der Waals surface area contributed by atoms with Gasteiger partial charge in [0.1, 0.15) is 0 Å². The number of hydrogen-bond donors (Lipinski definition) is 1. The van der Waals surface area contributed by atoms with Crippen LogP contribution in [-0.4, -0.2) is 11.0 Å². The zero-order chi connectivity index (χ0) is 14.8. The van der Waals surface area contributed by atoms with Gasteiger partial charge in [0.25, 0.3) is 5.69 Å². The number of rotatable bonds is 4. The molecule has 2 aromatic rings. The van der Waals surface area contributed by atoms with Crippen molar-refractivity contribution in [3.8, 4) is 0 Å². The summed E-state index contributed by atoms with van der Waals surface area (Å²) in [5, 5.41) is 14.4. The second kappa shape index (κ2) is 5.95. The molecule has 0 amide bonds. The Kier molecular flexibility index (Phi) is 4.03. The largest absolute Gasteiger partial charge is 0.309 e. The Bertz CT molecular complexity index is 663. The van der Waals surface area contributed by atoms with E-state index in [0.717, 1.165) is 18.4 Å². The summed E-state index contributed by atoms with van der Waals surface area (Å²) in [6, 6.07) is 14.0. The van der Waals surface area contributed by atoms with Gasteiger partial charge in [0.15, 0.2) is 0 Å². The Morgan fingerprint density at radius 2 is 1.81 bits per heavy atom. The van der Waals surface area contributed by atoms with E-state index in [4.69, 9.17) is 0 Å². The zero-order valence-corrected chi connectivity index (χ0v) is 13.0. The smallest absolute Gasteiger partial charge is 0.283 e. The third-order valence-corrected chi connectivity index (χ3v) is 4.80. The molecule has 0 heterocycles. The van der Waals surface area contributed by atoms with E-state index in [9.17, 15) is 10.1 Å². The minimum atomic E-state index is -0.362. The van der Waals surface area contributed by atoms with Gasteiger partial charge in [0.2, 0.25) is 0 Å². The van der Waals surface area contributed by atoms with Crippen LogP contribution >= 0.6 is 15.9 Å². The molecule has 0 aromatic heterocycles. The van der Waals surface area contributed by atoms with Gasteiger partial charge >= 0.3 is 0 Å². The van der Waals surface area contributed by atoms with Crippen molar-refractivity contribution < 1.29 is 4.92 Å². The predicted molar refractivity (Wildman–Crippen MR) is 85.3 cm³/mol. The average molecular weight is 347 g/mol. The highest BCUT2D eigenvalue weighted by Crippen LogP contribution is 2.29. The SMILES string of the molecule is O=[N+]([O-])c1cccc(CNC2Cc3ccccc3C2)c1Br. The lowest BCUT2D eigenvalue weighted by Gasteiger charge is -2.13. The Hall–Kier alpha value is -1.72. The van der Waals surface area contributed by atoms with Crippen molar-refractivity contribution in [1.29, 1.82) is 0 Å². The highest BCUT2D eigenvalue weighted by molar-refractivity contribution is 9.10. The van der Waals surface area contributed by atoms with Gasteiger partial charge in [0, 0.05) is 18.7 Å². The van der Waals surface area contributed by atoms with E-state index in [0.29, 0.717) is 17.1 Å². The highest BCUT2D eigenvalue weighted by Gasteiger charge is 2.21. The lowest BCUT2D eigenvalue weighted by Crippen LogP contribution is -2.29. The summed E-state index contributed by atoms with van der Waals surface area (Å²) < 4.78 is 0.568. The van der Waals surface area contributed by atoms with Gasteiger partial charge in [-0.25, -0.2) is 0 Å². The molecule has 0 aliphatic heterocycles. The molecule has 1 aliphatic carbocycles. The Morgan fingerprint density at radius 3 is 2.43 bits per heavy atom. The van der Waals surface area contributed by atoms with Crippen molar-refractivity contribution in [2.24, 2.45) is 0 Å². The molecule has 0 bridgehead atoms. The third-order valence-electron chi connectivity index (χ3n) is 3.89. The van der Waals surface area contributed by atoms with Crippen LogP contribution in [0.4, 0.5) is 5.69 Å². The van der Waals surface area contributed by atoms with Crippen molar-refractivity contribution in [3.05, 3.63) is 73.7 Å². The molecule has 0 fully saturated rings. The van der Waals surface area contributed by atoms with Crippen LogP contribution in [0.1, 0.15) is 16.7 Å². The molecule has 0 unspecified atom stereocenters. The van der Waals surface area contributed by atoms with Gasteiger partial charge in [-0.3, -0.25) is 10.1 Å². The van der Waals surface area contributed by atoms with Gasteiger partial charge in [-0.05, 0) is 45.5 Å². The molecule has 0 atom stereocenters. The number of nitrogens with zero attached hydrogens (tertiary/aromatic N) is 1. The summed E-state index contributed by atoms with van der Waals surface area (Å²) >= 11 is 3.34. The summed E-state index contributed by atoms with van der Waals surface area (Å²) in [5.41, 5.74) is 3.82. The van der Waals surface area contributed by atoms with Crippen LogP contribution in [-0.2, 0) is 19.4 Å². The van der Waals surface area contributed by atoms with Crippen LogP contribution in [0.15, 0.2) is 46.9 Å². The van der Waals surface area contributed by atoms with Crippen molar-refractivity contribution in [3.63, 3.8) is 0 Å². The highest BCUT2D eigenvalue weighted by atomic mass is 79.9. The molecule has 1 aliphatic rings. The standard InChI is InChI=1S/C16H15BrN2O2/c17-16-13(6-3-7-15(16)19(20)21)10-18-14-8-11-4-1-2-5-12(11)9-14/h1-7,14,18H,8-10H2. The summed E-state index contributed by atoms with van der Waals surface area (Å²) in [6.07, 6.45) is 2.03. The predicted octanol–water partition coefficient (Wildman–Crippen LogP) is 3.61. The van der Waals surface area contributed by atoms with Crippen molar-refractivity contribution in [2.75, 3.05) is 0 Å². The van der Waals surface area contributed by atoms with Crippen LogP contribution < -0.4 is 5.32 Å². The lowest BCUT2D eigenvalue weighted by atomic mass is 10.1. The van der Waals surface area contributed by atoms with Crippen LogP contribution in [0.2, 0.25) is 0 Å². The second-order valence-electron chi connectivity index (χ2n) is 5.26. The molecule has 0 saturated carbocycles. The maximum Gasteiger partial charge on any atom is 0.283 e. The van der Waals surface area contributed by atoms with E-state index in [1.807, 2.05) is 6.07 Å². The summed E-state index contributed by atoms with van der Waals surface area (Å²) in [4.78, 5) is 10.6. The molecule has 0 saturated heterocycles. The molecular weight excluding hydrogens is 332 g/mol. The van der Waals surface area contributed by atoms with Crippen LogP contribution in [0, 0.1) is 10.1 Å². The molecule has 5 heteroatoms. The number of nitro benzene ring substituents is 1. The normalized spacial score (nSPS) is 14.1. The number of fused-ring (bicyclic) bond motifs is 1. The van der Waals surface area contributed by atoms with E-state index in [2.05, 4.69) is 45.5 Å². The summed E-state index contributed by atoms with van der Waals surface area (Å²) in [5.74, 6) is 0. The molecule has 4 nitrogen and oxygen atoms in total. The average Bonchev–Trinajstić information content (AvgIpc) is 2.88. The topological polar surface area (TPSA) is 55.2 Å². The fourth-order valence-electron chi connectivity index (χ4n) is 2.80. The minimum Gasteiger partial charge on any atom is -0.309 e. The van der Waals surface area contributed by atoms with Gasteiger partial charge in [-0.1, -0.05) is 36.4 Å². The first kappa shape index (κ1) is 14.2. The molecule has 0 spiro atoms. The fraction of sp³-hybridized carbons (Fsp3) is 0.250. The number of halogens is 1. The van der Waals surface area contributed by atoms with Crippen LogP contribution in [0.5, 0.6) is 0 Å². The molecule has 2 aromatic carbocycles. The quantitative estimate of drug-likeness (QED) is 0.679. The van der Waals surface area contributed by atoms with Crippen molar-refractivity contribution in [1.82, 2.24) is 5.32 Å². The van der Waals surface area contributed by atoms with Crippen LogP contribution in [0.25, 0.3) is 0 Å². The van der Waals surface area contributed by atoms with Crippen LogP contribution in [0.3, 0.4) is 0 Å². The maximum absolute atomic E-state index is 10.9. The molecular formula is C16H15BrN2O2. The third kappa shape index (κ3) is 2.99. The number of nitrogens with one attached hydrogen (secondary N) is 1. The molecule has 1 N–H and O–H groups in total. The molecule has 108 valence electrons. The van der Waals surface area contributed by atoms with Gasteiger partial charge in [-0.15, -0.1) is 0 Å². The van der Waals surface area contributed by atoms with E-state index >= 15 is 0 Å². The second-order valence-corrected chi connectivity index (χ2v) is 6.06. The Labute approximate surface area is 131 Å². The maximum atomic E-state index is 10.9. The van der Waals surface area contributed by atoms with Crippen molar-refractivity contribution in [2.45, 2.75) is 25.4 Å². The van der Waals surface area contributed by atoms with Gasteiger partial charge < -0.3 is 5.32 Å². The monoisotopic (exact) mass is 346 g/mol. The molecule has 0 radical (unpaired) electrons. The summed E-state index contributed by atoms with van der Waals surface area (Å²) in [7, 11) is 0. The molecule has 3 rings (SSSR count).